The van der Waals surface area contributed by atoms with Crippen molar-refractivity contribution in [1.82, 2.24) is 15.0 Å². The van der Waals surface area contributed by atoms with E-state index in [1.165, 1.54) is 0 Å². The quantitative estimate of drug-likeness (QED) is 0.646. The van der Waals surface area contributed by atoms with E-state index >= 15 is 0 Å². The minimum absolute atomic E-state index is 0.106. The van der Waals surface area contributed by atoms with Crippen molar-refractivity contribution >= 4 is 29.1 Å². The average Bonchev–Trinajstić information content (AvgIpc) is 2.76. The van der Waals surface area contributed by atoms with Gasteiger partial charge in [-0.3, -0.25) is 4.79 Å². The Morgan fingerprint density at radius 1 is 1.17 bits per heavy atom. The Labute approximate surface area is 175 Å². The molecule has 0 spiro atoms. The Kier molecular flexibility index (Phi) is 5.85. The summed E-state index contributed by atoms with van der Waals surface area (Å²) in [4.78, 5) is 27.4. The maximum absolute atomic E-state index is 11.7. The van der Waals surface area contributed by atoms with E-state index in [0.717, 1.165) is 35.6 Å². The van der Waals surface area contributed by atoms with Crippen LogP contribution in [0.15, 0.2) is 48.7 Å². The minimum atomic E-state index is 0.106. The first-order valence-corrected chi connectivity index (χ1v) is 9.86. The molecule has 8 heteroatoms. The number of ketones is 1. The third-order valence-corrected chi connectivity index (χ3v) is 4.81. The number of morpholine rings is 1. The fourth-order valence-electron chi connectivity index (χ4n) is 3.31. The molecule has 0 unspecified atom stereocenters. The van der Waals surface area contributed by atoms with Crippen LogP contribution in [0.1, 0.15) is 12.5 Å². The zero-order valence-corrected chi connectivity index (χ0v) is 16.8. The number of carbonyl (C=O) groups is 1. The van der Waals surface area contributed by atoms with Gasteiger partial charge >= 0.3 is 0 Å². The van der Waals surface area contributed by atoms with Gasteiger partial charge in [0.1, 0.15) is 17.4 Å². The summed E-state index contributed by atoms with van der Waals surface area (Å²) in [5.74, 6) is 1.83. The highest BCUT2D eigenvalue weighted by Gasteiger charge is 2.17. The van der Waals surface area contributed by atoms with Gasteiger partial charge in [-0.1, -0.05) is 18.2 Å². The molecule has 1 saturated heterocycles. The first-order chi connectivity index (χ1) is 14.6. The molecule has 0 aliphatic carbocycles. The van der Waals surface area contributed by atoms with Gasteiger partial charge in [-0.25, -0.2) is 9.97 Å². The second kappa shape index (κ2) is 8.87. The molecule has 3 N–H and O–H groups in total. The number of anilines is 4. The maximum Gasteiger partial charge on any atom is 0.228 e. The number of aromatic nitrogens is 3. The van der Waals surface area contributed by atoms with Gasteiger partial charge in [-0.2, -0.15) is 4.98 Å². The van der Waals surface area contributed by atoms with Crippen LogP contribution in [-0.4, -0.2) is 47.0 Å². The molecule has 1 fully saturated rings. The van der Waals surface area contributed by atoms with Crippen LogP contribution in [0.2, 0.25) is 0 Å². The molecule has 154 valence electrons. The van der Waals surface area contributed by atoms with Crippen molar-refractivity contribution < 1.29 is 9.53 Å². The molecule has 0 bridgehead atoms. The smallest absolute Gasteiger partial charge is 0.228 e. The zero-order valence-electron chi connectivity index (χ0n) is 16.8. The summed E-state index contributed by atoms with van der Waals surface area (Å²) in [5.41, 5.74) is 9.09. The van der Waals surface area contributed by atoms with Crippen molar-refractivity contribution in [3.05, 3.63) is 54.2 Å². The molecular formula is C22H24N6O2. The van der Waals surface area contributed by atoms with Gasteiger partial charge in [0, 0.05) is 43.0 Å². The Morgan fingerprint density at radius 2 is 1.97 bits per heavy atom. The van der Waals surface area contributed by atoms with Gasteiger partial charge in [0.2, 0.25) is 5.95 Å². The van der Waals surface area contributed by atoms with Crippen LogP contribution in [0.25, 0.3) is 11.3 Å². The molecule has 8 nitrogen and oxygen atoms in total. The number of ether oxygens (including phenoxy) is 1. The van der Waals surface area contributed by atoms with Gasteiger partial charge in [0.15, 0.2) is 0 Å². The van der Waals surface area contributed by atoms with Gasteiger partial charge in [0.05, 0.1) is 18.9 Å². The Hall–Kier alpha value is -3.52. The molecule has 0 amide bonds. The minimum Gasteiger partial charge on any atom is -0.384 e. The number of pyridine rings is 1. The van der Waals surface area contributed by atoms with E-state index in [-0.39, 0.29) is 5.78 Å². The van der Waals surface area contributed by atoms with E-state index in [9.17, 15) is 4.79 Å². The number of nitrogen functional groups attached to an aromatic ring is 1. The van der Waals surface area contributed by atoms with E-state index in [4.69, 9.17) is 20.4 Å². The number of nitrogens with one attached hydrogen (secondary N) is 1. The molecule has 0 saturated carbocycles. The Bertz CT molecular complexity index is 1030. The van der Waals surface area contributed by atoms with E-state index in [1.807, 2.05) is 36.4 Å². The van der Waals surface area contributed by atoms with Gasteiger partial charge in [-0.05, 0) is 30.7 Å². The van der Waals surface area contributed by atoms with Crippen molar-refractivity contribution in [2.24, 2.45) is 0 Å². The third kappa shape index (κ3) is 4.72. The van der Waals surface area contributed by atoms with Crippen LogP contribution in [-0.2, 0) is 16.0 Å². The molecule has 4 rings (SSSR count). The molecule has 30 heavy (non-hydrogen) atoms. The van der Waals surface area contributed by atoms with Crippen molar-refractivity contribution in [3.8, 4) is 11.3 Å². The van der Waals surface area contributed by atoms with E-state index in [2.05, 4.69) is 15.2 Å². The molecule has 3 aromatic rings. The number of benzene rings is 1. The van der Waals surface area contributed by atoms with Crippen LogP contribution >= 0.6 is 0 Å². The number of Topliss-reactive ketones (excluding diaryl/α,β-unsaturated/α-hetero) is 1. The predicted octanol–water partition coefficient (Wildman–Crippen LogP) is 2.83. The Morgan fingerprint density at radius 3 is 2.70 bits per heavy atom. The lowest BCUT2D eigenvalue weighted by Gasteiger charge is -2.27. The van der Waals surface area contributed by atoms with Crippen molar-refractivity contribution in [2.45, 2.75) is 13.3 Å². The SMILES string of the molecule is CC(=O)Cc1ccccc1Nc1cc(-c2ccc(N)nc2)nc(N2CCOCC2)n1. The average molecular weight is 404 g/mol. The van der Waals surface area contributed by atoms with Gasteiger partial charge < -0.3 is 20.7 Å². The lowest BCUT2D eigenvalue weighted by Crippen LogP contribution is -2.37. The summed E-state index contributed by atoms with van der Waals surface area (Å²) >= 11 is 0. The molecule has 3 heterocycles. The van der Waals surface area contributed by atoms with E-state index in [1.54, 1.807) is 19.2 Å². The highest BCUT2D eigenvalue weighted by molar-refractivity contribution is 5.81. The molecule has 1 aliphatic heterocycles. The summed E-state index contributed by atoms with van der Waals surface area (Å²) < 4.78 is 5.46. The van der Waals surface area contributed by atoms with Crippen LogP contribution < -0.4 is 16.0 Å². The number of hydrogen-bond donors (Lipinski definition) is 2. The van der Waals surface area contributed by atoms with E-state index in [0.29, 0.717) is 37.2 Å². The second-order valence-corrected chi connectivity index (χ2v) is 7.17. The molecule has 1 aromatic carbocycles. The fourth-order valence-corrected chi connectivity index (χ4v) is 3.31. The third-order valence-electron chi connectivity index (χ3n) is 4.81. The summed E-state index contributed by atoms with van der Waals surface area (Å²) in [6.45, 7) is 4.32. The lowest BCUT2D eigenvalue weighted by molar-refractivity contribution is -0.116. The van der Waals surface area contributed by atoms with Crippen LogP contribution in [0.3, 0.4) is 0 Å². The number of rotatable bonds is 6. The first kappa shape index (κ1) is 19.8. The topological polar surface area (TPSA) is 106 Å². The fraction of sp³-hybridized carbons (Fsp3) is 0.273. The maximum atomic E-state index is 11.7. The normalized spacial score (nSPS) is 13.8. The Balaban J connectivity index is 1.72. The molecular weight excluding hydrogens is 380 g/mol. The molecule has 1 aliphatic rings. The highest BCUT2D eigenvalue weighted by atomic mass is 16.5. The second-order valence-electron chi connectivity index (χ2n) is 7.17. The number of hydrogen-bond acceptors (Lipinski definition) is 8. The molecule has 0 atom stereocenters. The van der Waals surface area contributed by atoms with E-state index < -0.39 is 0 Å². The van der Waals surface area contributed by atoms with Crippen molar-refractivity contribution in [2.75, 3.05) is 42.3 Å². The lowest BCUT2D eigenvalue weighted by atomic mass is 10.1. The van der Waals surface area contributed by atoms with Crippen LogP contribution in [0.5, 0.6) is 0 Å². The summed E-state index contributed by atoms with van der Waals surface area (Å²) in [6, 6.07) is 13.3. The molecule has 2 aromatic heterocycles. The van der Waals surface area contributed by atoms with Gasteiger partial charge in [0.25, 0.3) is 0 Å². The summed E-state index contributed by atoms with van der Waals surface area (Å²) in [5, 5.41) is 3.37. The highest BCUT2D eigenvalue weighted by Crippen LogP contribution is 2.27. The largest absolute Gasteiger partial charge is 0.384 e. The number of para-hydroxylation sites is 1. The monoisotopic (exact) mass is 404 g/mol. The predicted molar refractivity (Wildman–Crippen MR) is 117 cm³/mol. The number of nitrogens with zero attached hydrogens (tertiary/aromatic N) is 4. The van der Waals surface area contributed by atoms with Crippen molar-refractivity contribution in [1.29, 1.82) is 0 Å². The molecule has 0 radical (unpaired) electrons. The van der Waals surface area contributed by atoms with Crippen LogP contribution in [0, 0.1) is 0 Å². The summed E-state index contributed by atoms with van der Waals surface area (Å²) in [6.07, 6.45) is 2.06. The van der Waals surface area contributed by atoms with Gasteiger partial charge in [-0.15, -0.1) is 0 Å². The van der Waals surface area contributed by atoms with Crippen LogP contribution in [0.4, 0.5) is 23.3 Å². The standard InChI is InChI=1S/C22H24N6O2/c1-15(29)12-16-4-2-3-5-18(16)25-21-13-19(17-6-7-20(23)24-14-17)26-22(27-21)28-8-10-30-11-9-28/h2-7,13-14H,8-12H2,1H3,(H2,23,24)(H,25,26,27). The number of nitrogens with two attached hydrogens (primary N) is 1. The zero-order chi connectivity index (χ0) is 20.9. The van der Waals surface area contributed by atoms with Crippen molar-refractivity contribution in [3.63, 3.8) is 0 Å². The summed E-state index contributed by atoms with van der Waals surface area (Å²) in [7, 11) is 0. The first-order valence-electron chi connectivity index (χ1n) is 9.86. The number of carbonyl (C=O) groups excluding carboxylic acids is 1.